The third-order valence-electron chi connectivity index (χ3n) is 3.97. The summed E-state index contributed by atoms with van der Waals surface area (Å²) >= 11 is 0. The first-order valence-corrected chi connectivity index (χ1v) is 8.03. The number of fused-ring (bicyclic) bond motifs is 1. The van der Waals surface area contributed by atoms with E-state index < -0.39 is 0 Å². The zero-order valence-electron chi connectivity index (χ0n) is 13.7. The average molecular weight is 318 g/mol. The minimum absolute atomic E-state index is 0.710. The molecule has 3 heterocycles. The molecule has 0 bridgehead atoms. The summed E-state index contributed by atoms with van der Waals surface area (Å²) in [7, 11) is 0. The van der Waals surface area contributed by atoms with Gasteiger partial charge in [-0.25, -0.2) is 19.6 Å². The first-order chi connectivity index (χ1) is 11.7. The smallest absolute Gasteiger partial charge is 0.233 e. The number of nitrogens with zero attached hydrogens (tertiary/aromatic N) is 6. The minimum Gasteiger partial charge on any atom is -0.293 e. The van der Waals surface area contributed by atoms with Crippen LogP contribution in [0.2, 0.25) is 0 Å². The van der Waals surface area contributed by atoms with E-state index in [4.69, 9.17) is 4.98 Å². The highest BCUT2D eigenvalue weighted by Gasteiger charge is 2.14. The van der Waals surface area contributed by atoms with Crippen molar-refractivity contribution in [2.24, 2.45) is 0 Å². The predicted molar refractivity (Wildman–Crippen MR) is 92.1 cm³/mol. The lowest BCUT2D eigenvalue weighted by Gasteiger charge is -2.05. The maximum Gasteiger partial charge on any atom is 0.233 e. The molecule has 6 nitrogen and oxygen atoms in total. The van der Waals surface area contributed by atoms with Gasteiger partial charge >= 0.3 is 0 Å². The van der Waals surface area contributed by atoms with E-state index in [1.807, 2.05) is 37.4 Å². The lowest BCUT2D eigenvalue weighted by Crippen LogP contribution is -2.07. The Morgan fingerprint density at radius 3 is 2.58 bits per heavy atom. The third kappa shape index (κ3) is 2.56. The van der Waals surface area contributed by atoms with Crippen molar-refractivity contribution in [3.05, 3.63) is 65.9 Å². The Labute approximate surface area is 139 Å². The van der Waals surface area contributed by atoms with E-state index in [0.29, 0.717) is 6.42 Å². The summed E-state index contributed by atoms with van der Waals surface area (Å²) in [6.07, 6.45) is 4.43. The molecule has 0 spiro atoms. The third-order valence-corrected chi connectivity index (χ3v) is 3.97. The summed E-state index contributed by atoms with van der Waals surface area (Å²) in [5.41, 5.74) is 3.79. The molecule has 3 aromatic heterocycles. The summed E-state index contributed by atoms with van der Waals surface area (Å²) in [6, 6.07) is 12.2. The Bertz CT molecular complexity index is 983. The van der Waals surface area contributed by atoms with Crippen molar-refractivity contribution >= 4 is 11.2 Å². The molecule has 0 unspecified atom stereocenters. The van der Waals surface area contributed by atoms with Crippen LogP contribution in [0.4, 0.5) is 0 Å². The van der Waals surface area contributed by atoms with Gasteiger partial charge in [-0.1, -0.05) is 30.3 Å². The quantitative estimate of drug-likeness (QED) is 0.580. The molecule has 0 radical (unpaired) electrons. The van der Waals surface area contributed by atoms with Crippen LogP contribution >= 0.6 is 0 Å². The van der Waals surface area contributed by atoms with Crippen molar-refractivity contribution < 1.29 is 0 Å². The zero-order chi connectivity index (χ0) is 16.5. The van der Waals surface area contributed by atoms with Gasteiger partial charge in [0, 0.05) is 19.2 Å². The van der Waals surface area contributed by atoms with E-state index in [9.17, 15) is 0 Å². The van der Waals surface area contributed by atoms with Gasteiger partial charge in [-0.2, -0.15) is 5.10 Å². The van der Waals surface area contributed by atoms with Gasteiger partial charge < -0.3 is 0 Å². The van der Waals surface area contributed by atoms with E-state index in [1.54, 1.807) is 10.9 Å². The number of hydrogen-bond donors (Lipinski definition) is 0. The van der Waals surface area contributed by atoms with Gasteiger partial charge in [-0.05, 0) is 25.5 Å². The first kappa shape index (κ1) is 14.6. The normalized spacial score (nSPS) is 11.2. The Hall–Kier alpha value is -3.02. The molecule has 0 aliphatic heterocycles. The summed E-state index contributed by atoms with van der Waals surface area (Å²) in [5, 5.41) is 4.46. The van der Waals surface area contributed by atoms with Crippen LogP contribution in [-0.4, -0.2) is 29.3 Å². The van der Waals surface area contributed by atoms with Gasteiger partial charge in [0.15, 0.2) is 5.65 Å². The Balaban J connectivity index is 1.79. The number of imidazole rings is 1. The van der Waals surface area contributed by atoms with Crippen LogP contribution in [0.25, 0.3) is 17.1 Å². The van der Waals surface area contributed by atoms with E-state index in [2.05, 4.69) is 38.7 Å². The minimum atomic E-state index is 0.710. The summed E-state index contributed by atoms with van der Waals surface area (Å²) in [5.74, 6) is 1.57. The van der Waals surface area contributed by atoms with Crippen molar-refractivity contribution in [2.45, 2.75) is 26.8 Å². The van der Waals surface area contributed by atoms with E-state index in [1.165, 1.54) is 5.56 Å². The molecule has 0 saturated carbocycles. The van der Waals surface area contributed by atoms with Crippen LogP contribution in [0, 0.1) is 6.92 Å². The van der Waals surface area contributed by atoms with Gasteiger partial charge in [-0.15, -0.1) is 0 Å². The second-order valence-corrected chi connectivity index (χ2v) is 5.72. The molecule has 0 saturated heterocycles. The second kappa shape index (κ2) is 5.88. The molecule has 4 aromatic rings. The molecule has 0 aliphatic carbocycles. The highest BCUT2D eigenvalue weighted by Crippen LogP contribution is 2.17. The number of aromatic nitrogens is 6. The summed E-state index contributed by atoms with van der Waals surface area (Å²) in [6.45, 7) is 4.82. The van der Waals surface area contributed by atoms with Crippen molar-refractivity contribution in [2.75, 3.05) is 0 Å². The van der Waals surface area contributed by atoms with Gasteiger partial charge in [-0.3, -0.25) is 4.57 Å². The Morgan fingerprint density at radius 2 is 1.88 bits per heavy atom. The van der Waals surface area contributed by atoms with Crippen LogP contribution in [0.1, 0.15) is 24.0 Å². The zero-order valence-corrected chi connectivity index (χ0v) is 13.7. The highest BCUT2D eigenvalue weighted by atomic mass is 15.4. The van der Waals surface area contributed by atoms with Crippen LogP contribution in [0.5, 0.6) is 0 Å². The van der Waals surface area contributed by atoms with Crippen molar-refractivity contribution in [3.63, 3.8) is 0 Å². The van der Waals surface area contributed by atoms with Crippen molar-refractivity contribution in [3.8, 4) is 5.95 Å². The standard InChI is InChI=1S/C18H18N6/c1-3-23-17-15(20-18(23)24-10-9-13(2)22-24)12-19-16(21-17)11-14-7-5-4-6-8-14/h4-10,12H,3,11H2,1-2H3. The summed E-state index contributed by atoms with van der Waals surface area (Å²) < 4.78 is 3.86. The number of hydrogen-bond acceptors (Lipinski definition) is 4. The molecule has 4 rings (SSSR count). The van der Waals surface area contributed by atoms with Crippen LogP contribution in [-0.2, 0) is 13.0 Å². The van der Waals surface area contributed by atoms with Crippen LogP contribution in [0.15, 0.2) is 48.8 Å². The fourth-order valence-electron chi connectivity index (χ4n) is 2.80. The molecule has 0 atom stereocenters. The number of rotatable bonds is 4. The number of aryl methyl sites for hydroxylation is 2. The lowest BCUT2D eigenvalue weighted by atomic mass is 10.1. The second-order valence-electron chi connectivity index (χ2n) is 5.72. The van der Waals surface area contributed by atoms with Gasteiger partial charge in [0.25, 0.3) is 0 Å². The monoisotopic (exact) mass is 318 g/mol. The SMILES string of the molecule is CCn1c(-n2ccc(C)n2)nc2cnc(Cc3ccccc3)nc21. The topological polar surface area (TPSA) is 61.4 Å². The highest BCUT2D eigenvalue weighted by molar-refractivity contribution is 5.72. The van der Waals surface area contributed by atoms with E-state index in [-0.39, 0.29) is 0 Å². The molecule has 0 amide bonds. The van der Waals surface area contributed by atoms with Gasteiger partial charge in [0.1, 0.15) is 11.3 Å². The first-order valence-electron chi connectivity index (χ1n) is 8.03. The number of benzene rings is 1. The molecular weight excluding hydrogens is 300 g/mol. The lowest BCUT2D eigenvalue weighted by molar-refractivity contribution is 0.692. The maximum absolute atomic E-state index is 4.74. The molecule has 120 valence electrons. The fourth-order valence-corrected chi connectivity index (χ4v) is 2.80. The molecule has 24 heavy (non-hydrogen) atoms. The molecule has 0 aliphatic rings. The summed E-state index contributed by atoms with van der Waals surface area (Å²) in [4.78, 5) is 13.9. The van der Waals surface area contributed by atoms with Gasteiger partial charge in [0.05, 0.1) is 11.9 Å². The molecule has 6 heteroatoms. The van der Waals surface area contributed by atoms with Gasteiger partial charge in [0.2, 0.25) is 5.95 Å². The predicted octanol–water partition coefficient (Wildman–Crippen LogP) is 2.93. The Kier molecular flexibility index (Phi) is 3.57. The van der Waals surface area contributed by atoms with E-state index >= 15 is 0 Å². The average Bonchev–Trinajstić information content (AvgIpc) is 3.18. The Morgan fingerprint density at radius 1 is 1.04 bits per heavy atom. The van der Waals surface area contributed by atoms with E-state index in [0.717, 1.165) is 35.2 Å². The maximum atomic E-state index is 4.74. The molecule has 0 fully saturated rings. The van der Waals surface area contributed by atoms with Crippen LogP contribution in [0.3, 0.4) is 0 Å². The largest absolute Gasteiger partial charge is 0.293 e. The van der Waals surface area contributed by atoms with Crippen molar-refractivity contribution in [1.82, 2.24) is 29.3 Å². The van der Waals surface area contributed by atoms with Crippen LogP contribution < -0.4 is 0 Å². The van der Waals surface area contributed by atoms with Crippen molar-refractivity contribution in [1.29, 1.82) is 0 Å². The fraction of sp³-hybridized carbons (Fsp3) is 0.222. The molecule has 1 aromatic carbocycles. The molecular formula is C18H18N6. The molecule has 0 N–H and O–H groups in total.